The van der Waals surface area contributed by atoms with Gasteiger partial charge in [0.15, 0.2) is 0 Å². The van der Waals surface area contributed by atoms with Gasteiger partial charge in [0.1, 0.15) is 23.9 Å². The van der Waals surface area contributed by atoms with Crippen LogP contribution in [0.2, 0.25) is 0 Å². The first kappa shape index (κ1) is 13.0. The normalized spacial score (nSPS) is 9.95. The lowest BCUT2D eigenvalue weighted by molar-refractivity contribution is 0.305. The zero-order valence-electron chi connectivity index (χ0n) is 10.7. The Morgan fingerprint density at radius 3 is 2.53 bits per heavy atom. The van der Waals surface area contributed by atoms with Crippen molar-refractivity contribution in [2.45, 2.75) is 6.61 Å². The molecule has 0 aliphatic carbocycles. The van der Waals surface area contributed by atoms with Gasteiger partial charge in [-0.1, -0.05) is 24.3 Å². The number of benzene rings is 2. The third-order valence-electron chi connectivity index (χ3n) is 2.70. The van der Waals surface area contributed by atoms with E-state index >= 15 is 0 Å². The van der Waals surface area contributed by atoms with Crippen molar-refractivity contribution in [1.82, 2.24) is 0 Å². The number of ether oxygens (including phenoxy) is 2. The zero-order valence-corrected chi connectivity index (χ0v) is 10.7. The molecule has 4 heteroatoms. The van der Waals surface area contributed by atoms with Crippen molar-refractivity contribution in [3.05, 3.63) is 59.7 Å². The Morgan fingerprint density at radius 2 is 1.89 bits per heavy atom. The van der Waals surface area contributed by atoms with Gasteiger partial charge in [-0.3, -0.25) is 5.41 Å². The molecule has 0 spiro atoms. The number of hydrogen-bond acceptors (Lipinski definition) is 3. The first-order chi connectivity index (χ1) is 9.20. The van der Waals surface area contributed by atoms with E-state index in [0.717, 1.165) is 11.3 Å². The monoisotopic (exact) mass is 256 g/mol. The van der Waals surface area contributed by atoms with Gasteiger partial charge in [-0.25, -0.2) is 0 Å². The summed E-state index contributed by atoms with van der Waals surface area (Å²) in [6.07, 6.45) is 0. The van der Waals surface area contributed by atoms with Crippen molar-refractivity contribution in [3.63, 3.8) is 0 Å². The fraction of sp³-hybridized carbons (Fsp3) is 0.133. The standard InChI is InChI=1S/C15H16N2O2/c1-18-14-9-11(7-8-13(14)15(16)17)10-19-12-5-3-2-4-6-12/h2-9H,10H2,1H3,(H3,16,17). The molecule has 0 aliphatic heterocycles. The fourth-order valence-electron chi connectivity index (χ4n) is 1.73. The van der Waals surface area contributed by atoms with Crippen LogP contribution in [0.4, 0.5) is 0 Å². The summed E-state index contributed by atoms with van der Waals surface area (Å²) in [6.45, 7) is 0.443. The predicted molar refractivity (Wildman–Crippen MR) is 74.8 cm³/mol. The van der Waals surface area contributed by atoms with E-state index in [9.17, 15) is 0 Å². The Balaban J connectivity index is 2.11. The molecular weight excluding hydrogens is 240 g/mol. The van der Waals surface area contributed by atoms with Crippen LogP contribution < -0.4 is 15.2 Å². The molecular formula is C15H16N2O2. The smallest absolute Gasteiger partial charge is 0.130 e. The lowest BCUT2D eigenvalue weighted by Gasteiger charge is -2.10. The highest BCUT2D eigenvalue weighted by Gasteiger charge is 2.07. The highest BCUT2D eigenvalue weighted by Crippen LogP contribution is 2.21. The van der Waals surface area contributed by atoms with E-state index in [-0.39, 0.29) is 5.84 Å². The molecule has 2 aromatic rings. The Kier molecular flexibility index (Phi) is 4.03. The topological polar surface area (TPSA) is 68.3 Å². The Labute approximate surface area is 112 Å². The second-order valence-electron chi connectivity index (χ2n) is 4.05. The zero-order chi connectivity index (χ0) is 13.7. The molecule has 3 N–H and O–H groups in total. The summed E-state index contributed by atoms with van der Waals surface area (Å²) < 4.78 is 10.9. The number of nitrogens with two attached hydrogens (primary N) is 1. The molecule has 19 heavy (non-hydrogen) atoms. The summed E-state index contributed by atoms with van der Waals surface area (Å²) in [4.78, 5) is 0. The average molecular weight is 256 g/mol. The molecule has 0 saturated carbocycles. The number of rotatable bonds is 5. The van der Waals surface area contributed by atoms with Crippen LogP contribution in [-0.2, 0) is 6.61 Å². The number of nitrogen functional groups attached to an aromatic ring is 1. The van der Waals surface area contributed by atoms with Gasteiger partial charge in [0, 0.05) is 0 Å². The van der Waals surface area contributed by atoms with Crippen LogP contribution >= 0.6 is 0 Å². The Morgan fingerprint density at radius 1 is 1.16 bits per heavy atom. The SMILES string of the molecule is COc1cc(COc2ccccc2)ccc1C(=N)N. The molecule has 0 radical (unpaired) electrons. The molecule has 0 amide bonds. The highest BCUT2D eigenvalue weighted by atomic mass is 16.5. The van der Waals surface area contributed by atoms with Crippen molar-refractivity contribution in [3.8, 4) is 11.5 Å². The first-order valence-corrected chi connectivity index (χ1v) is 5.90. The molecule has 0 saturated heterocycles. The molecule has 4 nitrogen and oxygen atoms in total. The van der Waals surface area contributed by atoms with Crippen molar-refractivity contribution in [2.24, 2.45) is 5.73 Å². The van der Waals surface area contributed by atoms with E-state index in [2.05, 4.69) is 0 Å². The van der Waals surface area contributed by atoms with Gasteiger partial charge in [-0.05, 0) is 29.8 Å². The van der Waals surface area contributed by atoms with Gasteiger partial charge in [-0.15, -0.1) is 0 Å². The molecule has 2 aromatic carbocycles. The molecule has 0 unspecified atom stereocenters. The number of nitrogens with one attached hydrogen (secondary N) is 1. The number of hydrogen-bond donors (Lipinski definition) is 2. The molecule has 98 valence electrons. The minimum atomic E-state index is -0.00706. The average Bonchev–Trinajstić information content (AvgIpc) is 2.45. The van der Waals surface area contributed by atoms with Crippen LogP contribution in [0, 0.1) is 5.41 Å². The lowest BCUT2D eigenvalue weighted by atomic mass is 10.1. The highest BCUT2D eigenvalue weighted by molar-refractivity contribution is 5.97. The largest absolute Gasteiger partial charge is 0.496 e. The lowest BCUT2D eigenvalue weighted by Crippen LogP contribution is -2.12. The van der Waals surface area contributed by atoms with Crippen molar-refractivity contribution >= 4 is 5.84 Å². The summed E-state index contributed by atoms with van der Waals surface area (Å²) in [6, 6.07) is 15.1. The van der Waals surface area contributed by atoms with E-state index in [1.165, 1.54) is 0 Å². The number of methoxy groups -OCH3 is 1. The second kappa shape index (κ2) is 5.91. The molecule has 0 aromatic heterocycles. The molecule has 0 fully saturated rings. The van der Waals surface area contributed by atoms with Gasteiger partial charge >= 0.3 is 0 Å². The summed E-state index contributed by atoms with van der Waals surface area (Å²) in [5.74, 6) is 1.39. The second-order valence-corrected chi connectivity index (χ2v) is 4.05. The van der Waals surface area contributed by atoms with E-state index in [1.54, 1.807) is 13.2 Å². The molecule has 0 aliphatic rings. The van der Waals surface area contributed by atoms with Crippen LogP contribution in [-0.4, -0.2) is 12.9 Å². The molecule has 2 rings (SSSR count). The van der Waals surface area contributed by atoms with Crippen LogP contribution in [0.5, 0.6) is 11.5 Å². The van der Waals surface area contributed by atoms with Gasteiger partial charge in [0.05, 0.1) is 12.7 Å². The maximum Gasteiger partial charge on any atom is 0.130 e. The summed E-state index contributed by atoms with van der Waals surface area (Å²) in [5.41, 5.74) is 7.03. The maximum absolute atomic E-state index is 7.45. The summed E-state index contributed by atoms with van der Waals surface area (Å²) in [7, 11) is 1.56. The van der Waals surface area contributed by atoms with Crippen molar-refractivity contribution in [1.29, 1.82) is 5.41 Å². The third kappa shape index (κ3) is 3.25. The maximum atomic E-state index is 7.45. The van der Waals surface area contributed by atoms with Gasteiger partial charge < -0.3 is 15.2 Å². The Hall–Kier alpha value is -2.49. The van der Waals surface area contributed by atoms with Crippen molar-refractivity contribution in [2.75, 3.05) is 7.11 Å². The van der Waals surface area contributed by atoms with Gasteiger partial charge in [-0.2, -0.15) is 0 Å². The van der Waals surface area contributed by atoms with E-state index < -0.39 is 0 Å². The van der Waals surface area contributed by atoms with Crippen LogP contribution in [0.15, 0.2) is 48.5 Å². The third-order valence-corrected chi connectivity index (χ3v) is 2.70. The molecule has 0 atom stereocenters. The number of amidine groups is 1. The van der Waals surface area contributed by atoms with E-state index in [4.69, 9.17) is 20.6 Å². The predicted octanol–water partition coefficient (Wildman–Crippen LogP) is 2.56. The Bertz CT molecular complexity index is 568. The van der Waals surface area contributed by atoms with Gasteiger partial charge in [0.25, 0.3) is 0 Å². The van der Waals surface area contributed by atoms with Crippen LogP contribution in [0.25, 0.3) is 0 Å². The van der Waals surface area contributed by atoms with Crippen molar-refractivity contribution < 1.29 is 9.47 Å². The summed E-state index contributed by atoms with van der Waals surface area (Å²) >= 11 is 0. The van der Waals surface area contributed by atoms with Crippen LogP contribution in [0.3, 0.4) is 0 Å². The number of para-hydroxylation sites is 1. The fourth-order valence-corrected chi connectivity index (χ4v) is 1.73. The van der Waals surface area contributed by atoms with Gasteiger partial charge in [0.2, 0.25) is 0 Å². The summed E-state index contributed by atoms with van der Waals surface area (Å²) in [5, 5.41) is 7.45. The quantitative estimate of drug-likeness (QED) is 0.638. The van der Waals surface area contributed by atoms with E-state index in [0.29, 0.717) is 17.9 Å². The first-order valence-electron chi connectivity index (χ1n) is 5.90. The molecule has 0 bridgehead atoms. The molecule has 0 heterocycles. The minimum Gasteiger partial charge on any atom is -0.496 e. The van der Waals surface area contributed by atoms with Crippen LogP contribution in [0.1, 0.15) is 11.1 Å². The van der Waals surface area contributed by atoms with E-state index in [1.807, 2.05) is 42.5 Å². The minimum absolute atomic E-state index is 0.00706.